The van der Waals surface area contributed by atoms with Gasteiger partial charge in [0.25, 0.3) is 0 Å². The quantitative estimate of drug-likeness (QED) is 0.859. The van der Waals surface area contributed by atoms with Gasteiger partial charge in [0, 0.05) is 12.2 Å². The van der Waals surface area contributed by atoms with Crippen molar-refractivity contribution in [2.45, 2.75) is 13.3 Å². The maximum absolute atomic E-state index is 12.3. The highest BCUT2D eigenvalue weighted by Crippen LogP contribution is 2.32. The van der Waals surface area contributed by atoms with E-state index in [1.54, 1.807) is 24.3 Å². The number of hydrogen-bond donors (Lipinski definition) is 2. The fourth-order valence-electron chi connectivity index (χ4n) is 2.89. The van der Waals surface area contributed by atoms with E-state index < -0.39 is 16.1 Å². The summed E-state index contributed by atoms with van der Waals surface area (Å²) in [6.07, 6.45) is 0.588. The standard InChI is InChI=1S/C18H21N3O4S/c1-13-5-3-6-14(11-13)19-18(22)20-16-12-15(7-8-17(16)25-2)21-9-4-10-26(21,23)24/h3,5-8,11-12H,4,9-10H2,1-2H3,(H2,19,20,22). The largest absolute Gasteiger partial charge is 0.495 e. The zero-order valence-corrected chi connectivity index (χ0v) is 15.5. The molecule has 0 unspecified atom stereocenters. The average Bonchev–Trinajstić information content (AvgIpc) is 2.94. The highest BCUT2D eigenvalue weighted by molar-refractivity contribution is 7.93. The molecule has 3 rings (SSSR count). The number of urea groups is 1. The molecule has 7 nitrogen and oxygen atoms in total. The van der Waals surface area contributed by atoms with Gasteiger partial charge in [0.1, 0.15) is 5.75 Å². The number of nitrogens with zero attached hydrogens (tertiary/aromatic N) is 1. The summed E-state index contributed by atoms with van der Waals surface area (Å²) in [5.74, 6) is 0.583. The van der Waals surface area contributed by atoms with Gasteiger partial charge in [0.15, 0.2) is 0 Å². The van der Waals surface area contributed by atoms with E-state index in [0.29, 0.717) is 35.8 Å². The van der Waals surface area contributed by atoms with Crippen LogP contribution in [0.3, 0.4) is 0 Å². The lowest BCUT2D eigenvalue weighted by Gasteiger charge is -2.19. The van der Waals surface area contributed by atoms with Crippen molar-refractivity contribution in [1.29, 1.82) is 0 Å². The van der Waals surface area contributed by atoms with E-state index >= 15 is 0 Å². The second-order valence-electron chi connectivity index (χ2n) is 6.07. The lowest BCUT2D eigenvalue weighted by Crippen LogP contribution is -2.25. The zero-order valence-electron chi connectivity index (χ0n) is 14.7. The summed E-state index contributed by atoms with van der Waals surface area (Å²) in [7, 11) is -1.80. The Labute approximate surface area is 153 Å². The maximum atomic E-state index is 12.3. The fraction of sp³-hybridized carbons (Fsp3) is 0.278. The molecule has 8 heteroatoms. The minimum Gasteiger partial charge on any atom is -0.495 e. The second kappa shape index (κ2) is 7.25. The zero-order chi connectivity index (χ0) is 18.7. The van der Waals surface area contributed by atoms with Crippen LogP contribution in [0.1, 0.15) is 12.0 Å². The van der Waals surface area contributed by atoms with Crippen LogP contribution in [-0.4, -0.2) is 33.9 Å². The summed E-state index contributed by atoms with van der Waals surface area (Å²) < 4.78 is 30.9. The third-order valence-electron chi connectivity index (χ3n) is 4.09. The first-order valence-electron chi connectivity index (χ1n) is 8.22. The molecular weight excluding hydrogens is 354 g/mol. The highest BCUT2D eigenvalue weighted by atomic mass is 32.2. The normalized spacial score (nSPS) is 15.5. The van der Waals surface area contributed by atoms with Crippen molar-refractivity contribution in [3.63, 3.8) is 0 Å². The van der Waals surface area contributed by atoms with Crippen LogP contribution in [-0.2, 0) is 10.0 Å². The molecule has 0 aliphatic carbocycles. The van der Waals surface area contributed by atoms with Crippen LogP contribution in [0.25, 0.3) is 0 Å². The Bertz CT molecular complexity index is 928. The Morgan fingerprint density at radius 3 is 2.62 bits per heavy atom. The number of hydrogen-bond acceptors (Lipinski definition) is 4. The van der Waals surface area contributed by atoms with E-state index in [1.165, 1.54) is 11.4 Å². The van der Waals surface area contributed by atoms with Crippen LogP contribution in [0.4, 0.5) is 21.9 Å². The maximum Gasteiger partial charge on any atom is 0.323 e. The van der Waals surface area contributed by atoms with Crippen LogP contribution >= 0.6 is 0 Å². The van der Waals surface area contributed by atoms with Gasteiger partial charge in [0.2, 0.25) is 10.0 Å². The van der Waals surface area contributed by atoms with Crippen LogP contribution in [0, 0.1) is 6.92 Å². The van der Waals surface area contributed by atoms with Crippen molar-refractivity contribution in [2.75, 3.05) is 34.3 Å². The summed E-state index contributed by atoms with van der Waals surface area (Å²) in [5, 5.41) is 5.47. The summed E-state index contributed by atoms with van der Waals surface area (Å²) in [5.41, 5.74) is 2.60. The van der Waals surface area contributed by atoms with E-state index in [2.05, 4.69) is 10.6 Å². The van der Waals surface area contributed by atoms with Crippen LogP contribution < -0.4 is 19.7 Å². The van der Waals surface area contributed by atoms with E-state index in [4.69, 9.17) is 4.74 Å². The molecule has 0 saturated carbocycles. The smallest absolute Gasteiger partial charge is 0.323 e. The number of aryl methyl sites for hydroxylation is 1. The van der Waals surface area contributed by atoms with Gasteiger partial charge in [-0.25, -0.2) is 13.2 Å². The van der Waals surface area contributed by atoms with Crippen molar-refractivity contribution in [3.05, 3.63) is 48.0 Å². The lowest BCUT2D eigenvalue weighted by atomic mass is 10.2. The molecule has 0 spiro atoms. The molecule has 0 radical (unpaired) electrons. The number of sulfonamides is 1. The molecule has 2 N–H and O–H groups in total. The molecule has 138 valence electrons. The minimum atomic E-state index is -3.29. The first-order chi connectivity index (χ1) is 12.4. The second-order valence-corrected chi connectivity index (χ2v) is 8.09. The van der Waals surface area contributed by atoms with Gasteiger partial charge in [-0.05, 0) is 49.2 Å². The molecule has 1 aliphatic rings. The van der Waals surface area contributed by atoms with E-state index in [0.717, 1.165) is 5.56 Å². The molecular formula is C18H21N3O4S. The van der Waals surface area contributed by atoms with Gasteiger partial charge < -0.3 is 15.4 Å². The molecule has 0 atom stereocenters. The minimum absolute atomic E-state index is 0.135. The van der Waals surface area contributed by atoms with Gasteiger partial charge in [-0.1, -0.05) is 12.1 Å². The number of nitrogens with one attached hydrogen (secondary N) is 2. The highest BCUT2D eigenvalue weighted by Gasteiger charge is 2.29. The fourth-order valence-corrected chi connectivity index (χ4v) is 4.44. The molecule has 1 fully saturated rings. The number of benzene rings is 2. The molecule has 1 saturated heterocycles. The summed E-state index contributed by atoms with van der Waals surface area (Å²) >= 11 is 0. The van der Waals surface area contributed by atoms with Crippen LogP contribution in [0.5, 0.6) is 5.75 Å². The van der Waals surface area contributed by atoms with Crippen molar-refractivity contribution in [1.82, 2.24) is 0 Å². The van der Waals surface area contributed by atoms with Crippen molar-refractivity contribution in [3.8, 4) is 5.75 Å². The van der Waals surface area contributed by atoms with Crippen LogP contribution in [0.2, 0.25) is 0 Å². The SMILES string of the molecule is COc1ccc(N2CCCS2(=O)=O)cc1NC(=O)Nc1cccc(C)c1. The first kappa shape index (κ1) is 18.1. The average molecular weight is 375 g/mol. The van der Waals surface area contributed by atoms with Gasteiger partial charge in [0.05, 0.1) is 24.2 Å². The Balaban J connectivity index is 1.82. The van der Waals surface area contributed by atoms with Crippen molar-refractivity contribution in [2.24, 2.45) is 0 Å². The predicted octanol–water partition coefficient (Wildman–Crippen LogP) is 3.19. The van der Waals surface area contributed by atoms with Crippen molar-refractivity contribution < 1.29 is 17.9 Å². The Kier molecular flexibility index (Phi) is 5.03. The lowest BCUT2D eigenvalue weighted by molar-refractivity contribution is 0.262. The molecule has 0 aromatic heterocycles. The summed E-state index contributed by atoms with van der Waals surface area (Å²) in [4.78, 5) is 12.3. The van der Waals surface area contributed by atoms with Gasteiger partial charge in [-0.15, -0.1) is 0 Å². The summed E-state index contributed by atoms with van der Waals surface area (Å²) in [6, 6.07) is 11.9. The Hall–Kier alpha value is -2.74. The topological polar surface area (TPSA) is 87.7 Å². The number of carbonyl (C=O) groups is 1. The molecule has 0 bridgehead atoms. The predicted molar refractivity (Wildman–Crippen MR) is 103 cm³/mol. The van der Waals surface area contributed by atoms with E-state index in [9.17, 15) is 13.2 Å². The number of rotatable bonds is 4. The number of amides is 2. The number of carbonyl (C=O) groups excluding carboxylic acids is 1. The molecule has 2 aromatic carbocycles. The molecule has 26 heavy (non-hydrogen) atoms. The van der Waals surface area contributed by atoms with E-state index in [-0.39, 0.29) is 5.75 Å². The molecule has 2 aromatic rings. The number of methoxy groups -OCH3 is 1. The monoisotopic (exact) mass is 375 g/mol. The number of anilines is 3. The molecule has 2 amide bonds. The van der Waals surface area contributed by atoms with Gasteiger partial charge in [-0.2, -0.15) is 0 Å². The Morgan fingerprint density at radius 2 is 1.96 bits per heavy atom. The van der Waals surface area contributed by atoms with Crippen LogP contribution in [0.15, 0.2) is 42.5 Å². The first-order valence-corrected chi connectivity index (χ1v) is 9.83. The number of ether oxygens (including phenoxy) is 1. The summed E-state index contributed by atoms with van der Waals surface area (Å²) in [6.45, 7) is 2.37. The van der Waals surface area contributed by atoms with Gasteiger partial charge in [-0.3, -0.25) is 4.31 Å². The third kappa shape index (κ3) is 3.91. The van der Waals surface area contributed by atoms with Gasteiger partial charge >= 0.3 is 6.03 Å². The third-order valence-corrected chi connectivity index (χ3v) is 5.96. The molecule has 1 aliphatic heterocycles. The molecule has 1 heterocycles. The van der Waals surface area contributed by atoms with Crippen molar-refractivity contribution >= 4 is 33.1 Å². The van der Waals surface area contributed by atoms with E-state index in [1.807, 2.05) is 25.1 Å². The Morgan fingerprint density at radius 1 is 1.15 bits per heavy atom.